The highest BCUT2D eigenvalue weighted by molar-refractivity contribution is 6.01. The molecule has 0 aliphatic heterocycles. The number of allylic oxidation sites excluding steroid dienone is 1. The van der Waals surface area contributed by atoms with Crippen LogP contribution in [0, 0.1) is 6.92 Å². The molecule has 152 valence electrons. The Hall–Kier alpha value is -3.21. The molecule has 0 saturated carbocycles. The number of hydrogen-bond donors (Lipinski definition) is 0. The van der Waals surface area contributed by atoms with Gasteiger partial charge in [-0.15, -0.1) is 0 Å². The van der Waals surface area contributed by atoms with Crippen molar-refractivity contribution >= 4 is 22.4 Å². The van der Waals surface area contributed by atoms with Crippen molar-refractivity contribution in [3.63, 3.8) is 0 Å². The summed E-state index contributed by atoms with van der Waals surface area (Å²) in [7, 11) is 5.10. The number of nitrogens with zero attached hydrogens (tertiary/aromatic N) is 1. The van der Waals surface area contributed by atoms with E-state index in [1.54, 1.807) is 38.4 Å². The van der Waals surface area contributed by atoms with Gasteiger partial charge in [-0.05, 0) is 50.1 Å². The highest BCUT2D eigenvalue weighted by Crippen LogP contribution is 2.40. The zero-order valence-electron chi connectivity index (χ0n) is 17.8. The summed E-state index contributed by atoms with van der Waals surface area (Å²) in [6, 6.07) is 9.98. The molecule has 5 nitrogen and oxygen atoms in total. The summed E-state index contributed by atoms with van der Waals surface area (Å²) in [5.41, 5.74) is 5.42. The molecule has 3 rings (SSSR count). The number of furan rings is 1. The van der Waals surface area contributed by atoms with Crippen LogP contribution in [-0.4, -0.2) is 38.6 Å². The fraction of sp³-hybridized carbons (Fsp3) is 0.292. The number of amides is 1. The molecule has 2 aromatic carbocycles. The monoisotopic (exact) mass is 393 g/mol. The predicted octanol–water partition coefficient (Wildman–Crippen LogP) is 5.31. The van der Waals surface area contributed by atoms with Crippen LogP contribution in [0.4, 0.5) is 0 Å². The highest BCUT2D eigenvalue weighted by atomic mass is 16.5. The first-order valence-corrected chi connectivity index (χ1v) is 9.59. The lowest BCUT2D eigenvalue weighted by molar-refractivity contribution is -0.123. The molecule has 0 bridgehead atoms. The van der Waals surface area contributed by atoms with Crippen LogP contribution in [0.2, 0.25) is 0 Å². The number of benzene rings is 2. The van der Waals surface area contributed by atoms with E-state index in [-0.39, 0.29) is 5.91 Å². The third-order valence-electron chi connectivity index (χ3n) is 4.93. The van der Waals surface area contributed by atoms with E-state index in [9.17, 15) is 4.79 Å². The molecule has 0 aliphatic carbocycles. The molecule has 0 saturated heterocycles. The maximum atomic E-state index is 12.2. The van der Waals surface area contributed by atoms with Gasteiger partial charge in [0, 0.05) is 42.2 Å². The van der Waals surface area contributed by atoms with Crippen LogP contribution in [0.25, 0.3) is 27.7 Å². The van der Waals surface area contributed by atoms with E-state index < -0.39 is 0 Å². The standard InChI is InChI=1S/C24H27NO4/c1-7-28-18-10-8-17(9-11-18)21-14-29-24-16(3)23(27-6)19(13-20(21)24)15(2)12-22(26)25(4)5/h8-14H,7H2,1-6H3/b15-12+. The molecule has 29 heavy (non-hydrogen) atoms. The van der Waals surface area contributed by atoms with E-state index in [0.29, 0.717) is 12.4 Å². The van der Waals surface area contributed by atoms with Crippen molar-refractivity contribution in [3.8, 4) is 22.6 Å². The Balaban J connectivity index is 2.16. The van der Waals surface area contributed by atoms with E-state index in [4.69, 9.17) is 13.9 Å². The van der Waals surface area contributed by atoms with Gasteiger partial charge in [-0.2, -0.15) is 0 Å². The summed E-state index contributed by atoms with van der Waals surface area (Å²) in [5, 5.41) is 0.979. The molecule has 3 aromatic rings. The number of fused-ring (bicyclic) bond motifs is 1. The van der Waals surface area contributed by atoms with Gasteiger partial charge >= 0.3 is 0 Å². The van der Waals surface area contributed by atoms with Gasteiger partial charge in [0.25, 0.3) is 0 Å². The zero-order chi connectivity index (χ0) is 21.1. The number of ether oxygens (including phenoxy) is 2. The zero-order valence-corrected chi connectivity index (χ0v) is 17.8. The Morgan fingerprint density at radius 2 is 1.90 bits per heavy atom. The van der Waals surface area contributed by atoms with E-state index in [0.717, 1.165) is 44.5 Å². The van der Waals surface area contributed by atoms with Gasteiger partial charge in [0.1, 0.15) is 17.1 Å². The predicted molar refractivity (Wildman–Crippen MR) is 116 cm³/mol. The van der Waals surface area contributed by atoms with Crippen LogP contribution in [0.15, 0.2) is 47.1 Å². The molecule has 0 spiro atoms. The van der Waals surface area contributed by atoms with Crippen LogP contribution >= 0.6 is 0 Å². The molecular formula is C24H27NO4. The van der Waals surface area contributed by atoms with Crippen molar-refractivity contribution in [1.82, 2.24) is 4.90 Å². The molecule has 0 radical (unpaired) electrons. The van der Waals surface area contributed by atoms with Crippen molar-refractivity contribution in [2.24, 2.45) is 0 Å². The molecule has 0 unspecified atom stereocenters. The quantitative estimate of drug-likeness (QED) is 0.533. The minimum absolute atomic E-state index is 0.0683. The van der Waals surface area contributed by atoms with Crippen molar-refractivity contribution in [3.05, 3.63) is 53.8 Å². The van der Waals surface area contributed by atoms with Gasteiger partial charge in [0.15, 0.2) is 0 Å². The van der Waals surface area contributed by atoms with Crippen molar-refractivity contribution in [1.29, 1.82) is 0 Å². The largest absolute Gasteiger partial charge is 0.496 e. The number of likely N-dealkylation sites (N-methyl/N-ethyl adjacent to an activating group) is 1. The van der Waals surface area contributed by atoms with Crippen LogP contribution in [0.1, 0.15) is 25.0 Å². The summed E-state index contributed by atoms with van der Waals surface area (Å²) in [5.74, 6) is 1.48. The van der Waals surface area contributed by atoms with E-state index in [2.05, 4.69) is 0 Å². The molecule has 1 amide bonds. The van der Waals surface area contributed by atoms with Crippen LogP contribution < -0.4 is 9.47 Å². The summed E-state index contributed by atoms with van der Waals surface area (Å²) >= 11 is 0. The number of hydrogen-bond acceptors (Lipinski definition) is 4. The van der Waals surface area contributed by atoms with Gasteiger partial charge in [0.05, 0.1) is 20.0 Å². The Morgan fingerprint density at radius 1 is 1.21 bits per heavy atom. The number of methoxy groups -OCH3 is 1. The van der Waals surface area contributed by atoms with Crippen molar-refractivity contribution in [2.75, 3.05) is 27.8 Å². The van der Waals surface area contributed by atoms with Crippen molar-refractivity contribution < 1.29 is 18.7 Å². The van der Waals surface area contributed by atoms with Gasteiger partial charge in [0.2, 0.25) is 5.91 Å². The Morgan fingerprint density at radius 3 is 2.48 bits per heavy atom. The first-order chi connectivity index (χ1) is 13.9. The summed E-state index contributed by atoms with van der Waals surface area (Å²) in [4.78, 5) is 13.7. The number of rotatable bonds is 6. The third-order valence-corrected chi connectivity index (χ3v) is 4.93. The molecular weight excluding hydrogens is 366 g/mol. The maximum absolute atomic E-state index is 12.2. The minimum Gasteiger partial charge on any atom is -0.496 e. The molecule has 0 atom stereocenters. The second-order valence-corrected chi connectivity index (χ2v) is 7.13. The van der Waals surface area contributed by atoms with Gasteiger partial charge in [-0.1, -0.05) is 12.1 Å². The Kier molecular flexibility index (Phi) is 5.97. The fourth-order valence-corrected chi connectivity index (χ4v) is 3.38. The first kappa shape index (κ1) is 20.5. The molecule has 1 heterocycles. The average Bonchev–Trinajstić information content (AvgIpc) is 3.13. The highest BCUT2D eigenvalue weighted by Gasteiger charge is 2.19. The van der Waals surface area contributed by atoms with Crippen LogP contribution in [0.5, 0.6) is 11.5 Å². The number of carbonyl (C=O) groups is 1. The SMILES string of the molecule is CCOc1ccc(-c2coc3c(C)c(OC)c(/C(C)=C/C(=O)N(C)C)cc23)cc1. The van der Waals surface area contributed by atoms with Crippen LogP contribution in [-0.2, 0) is 4.79 Å². The van der Waals surface area contributed by atoms with E-state index in [1.807, 2.05) is 51.1 Å². The minimum atomic E-state index is -0.0683. The second kappa shape index (κ2) is 8.43. The van der Waals surface area contributed by atoms with Crippen molar-refractivity contribution in [2.45, 2.75) is 20.8 Å². The van der Waals surface area contributed by atoms with E-state index >= 15 is 0 Å². The molecule has 0 fully saturated rings. The van der Waals surface area contributed by atoms with Gasteiger partial charge in [-0.3, -0.25) is 4.79 Å². The lowest BCUT2D eigenvalue weighted by Crippen LogP contribution is -2.19. The van der Waals surface area contributed by atoms with Gasteiger partial charge < -0.3 is 18.8 Å². The molecule has 0 N–H and O–H groups in total. The molecule has 1 aromatic heterocycles. The van der Waals surface area contributed by atoms with E-state index in [1.165, 1.54) is 0 Å². The summed E-state index contributed by atoms with van der Waals surface area (Å²) < 4.78 is 17.1. The first-order valence-electron chi connectivity index (χ1n) is 9.59. The lowest BCUT2D eigenvalue weighted by atomic mass is 9.96. The smallest absolute Gasteiger partial charge is 0.246 e. The molecule has 0 aliphatic rings. The topological polar surface area (TPSA) is 51.9 Å². The van der Waals surface area contributed by atoms with Gasteiger partial charge in [-0.25, -0.2) is 0 Å². The second-order valence-electron chi connectivity index (χ2n) is 7.13. The lowest BCUT2D eigenvalue weighted by Gasteiger charge is -2.14. The molecule has 5 heteroatoms. The maximum Gasteiger partial charge on any atom is 0.246 e. The summed E-state index contributed by atoms with van der Waals surface area (Å²) in [6.45, 7) is 6.48. The van der Waals surface area contributed by atoms with Crippen LogP contribution in [0.3, 0.4) is 0 Å². The normalized spacial score (nSPS) is 11.6. The summed E-state index contributed by atoms with van der Waals surface area (Å²) in [6.07, 6.45) is 3.39. The average molecular weight is 393 g/mol. The number of carbonyl (C=O) groups excluding carboxylic acids is 1. The number of aryl methyl sites for hydroxylation is 1. The Labute approximate surface area is 171 Å². The Bertz CT molecular complexity index is 1060. The fourth-order valence-electron chi connectivity index (χ4n) is 3.38. The third kappa shape index (κ3) is 3.99.